The van der Waals surface area contributed by atoms with Crippen LogP contribution in [0.15, 0.2) is 17.2 Å². The van der Waals surface area contributed by atoms with E-state index in [9.17, 15) is 4.79 Å². The van der Waals surface area contributed by atoms with Crippen molar-refractivity contribution in [3.63, 3.8) is 0 Å². The minimum absolute atomic E-state index is 0.0249. The summed E-state index contributed by atoms with van der Waals surface area (Å²) < 4.78 is 3.54. The van der Waals surface area contributed by atoms with Gasteiger partial charge in [0.2, 0.25) is 0 Å². The van der Waals surface area contributed by atoms with Crippen molar-refractivity contribution < 1.29 is 0 Å². The third kappa shape index (κ3) is 1.51. The van der Waals surface area contributed by atoms with Crippen LogP contribution in [0.1, 0.15) is 44.0 Å². The fourth-order valence-electron chi connectivity index (χ4n) is 2.66. The molecular weight excluding hydrogens is 214 g/mol. The molecule has 0 atom stereocenters. The minimum atomic E-state index is 0.0249. The highest BCUT2D eigenvalue weighted by Crippen LogP contribution is 2.23. The Morgan fingerprint density at radius 1 is 1.29 bits per heavy atom. The van der Waals surface area contributed by atoms with Gasteiger partial charge in [-0.2, -0.15) is 5.10 Å². The first-order valence-electron chi connectivity index (χ1n) is 6.29. The third-order valence-corrected chi connectivity index (χ3v) is 3.55. The van der Waals surface area contributed by atoms with Crippen molar-refractivity contribution in [2.24, 2.45) is 0 Å². The van der Waals surface area contributed by atoms with Gasteiger partial charge in [-0.3, -0.25) is 9.20 Å². The highest BCUT2D eigenvalue weighted by molar-refractivity contribution is 5.52. The van der Waals surface area contributed by atoms with E-state index in [1.165, 1.54) is 24.1 Å². The predicted octanol–water partition coefficient (Wildman–Crippen LogP) is 1.96. The van der Waals surface area contributed by atoms with Crippen molar-refractivity contribution in [1.29, 1.82) is 0 Å². The number of hydrogen-bond donors (Lipinski definition) is 0. The lowest BCUT2D eigenvalue weighted by Gasteiger charge is -2.12. The number of rotatable bonds is 1. The van der Waals surface area contributed by atoms with Gasteiger partial charge in [0.25, 0.3) is 5.56 Å². The van der Waals surface area contributed by atoms with Gasteiger partial charge in [0, 0.05) is 5.69 Å². The fraction of sp³-hybridized carbons (Fsp3) is 0.538. The second-order valence-electron chi connectivity index (χ2n) is 5.05. The maximum Gasteiger partial charge on any atom is 0.291 e. The SMILES string of the molecule is CC(C)n1ncn2c3c(cc2c1=O)CCCC3. The van der Waals surface area contributed by atoms with Gasteiger partial charge in [0.05, 0.1) is 6.04 Å². The normalized spacial score (nSPS) is 15.5. The summed E-state index contributed by atoms with van der Waals surface area (Å²) in [4.78, 5) is 12.3. The molecule has 0 unspecified atom stereocenters. The van der Waals surface area contributed by atoms with E-state index in [0.29, 0.717) is 0 Å². The molecule has 2 heterocycles. The Morgan fingerprint density at radius 2 is 2.06 bits per heavy atom. The second kappa shape index (κ2) is 3.72. The molecule has 4 heteroatoms. The first kappa shape index (κ1) is 10.6. The molecule has 0 aliphatic heterocycles. The third-order valence-electron chi connectivity index (χ3n) is 3.55. The topological polar surface area (TPSA) is 39.3 Å². The summed E-state index contributed by atoms with van der Waals surface area (Å²) in [6, 6.07) is 2.16. The average Bonchev–Trinajstić information content (AvgIpc) is 2.69. The second-order valence-corrected chi connectivity index (χ2v) is 5.05. The van der Waals surface area contributed by atoms with E-state index in [4.69, 9.17) is 0 Å². The Kier molecular flexibility index (Phi) is 2.31. The number of aromatic nitrogens is 3. The van der Waals surface area contributed by atoms with Crippen LogP contribution in [0.5, 0.6) is 0 Å². The molecule has 2 aromatic rings. The molecule has 1 aliphatic rings. The fourth-order valence-corrected chi connectivity index (χ4v) is 2.66. The summed E-state index contributed by atoms with van der Waals surface area (Å²) in [6.45, 7) is 3.96. The van der Waals surface area contributed by atoms with Crippen molar-refractivity contribution in [3.8, 4) is 0 Å². The molecule has 0 aromatic carbocycles. The zero-order valence-corrected chi connectivity index (χ0v) is 10.3. The lowest BCUT2D eigenvalue weighted by atomic mass is 9.98. The van der Waals surface area contributed by atoms with Gasteiger partial charge in [-0.15, -0.1) is 0 Å². The largest absolute Gasteiger partial charge is 0.298 e. The summed E-state index contributed by atoms with van der Waals surface area (Å²) in [5.41, 5.74) is 3.42. The Morgan fingerprint density at radius 3 is 2.82 bits per heavy atom. The first-order chi connectivity index (χ1) is 8.18. The molecule has 3 rings (SSSR count). The Labute approximate surface area is 99.9 Å². The number of hydrogen-bond acceptors (Lipinski definition) is 2. The van der Waals surface area contributed by atoms with E-state index >= 15 is 0 Å². The molecule has 17 heavy (non-hydrogen) atoms. The highest BCUT2D eigenvalue weighted by Gasteiger charge is 2.17. The average molecular weight is 231 g/mol. The summed E-state index contributed by atoms with van der Waals surface area (Å²) in [7, 11) is 0. The summed E-state index contributed by atoms with van der Waals surface area (Å²) >= 11 is 0. The zero-order chi connectivity index (χ0) is 12.0. The van der Waals surface area contributed by atoms with Crippen LogP contribution in [-0.2, 0) is 12.8 Å². The molecule has 90 valence electrons. The number of nitrogens with zero attached hydrogens (tertiary/aromatic N) is 3. The molecule has 0 saturated carbocycles. The van der Waals surface area contributed by atoms with Crippen LogP contribution in [0, 0.1) is 0 Å². The molecule has 2 aromatic heterocycles. The van der Waals surface area contributed by atoms with Crippen LogP contribution in [0.3, 0.4) is 0 Å². The summed E-state index contributed by atoms with van der Waals surface area (Å²) in [5.74, 6) is 0. The molecule has 0 spiro atoms. The van der Waals surface area contributed by atoms with Gasteiger partial charge in [-0.1, -0.05) is 0 Å². The van der Waals surface area contributed by atoms with Gasteiger partial charge in [0.1, 0.15) is 11.8 Å². The van der Waals surface area contributed by atoms with E-state index < -0.39 is 0 Å². The van der Waals surface area contributed by atoms with E-state index in [1.54, 1.807) is 11.0 Å². The molecular formula is C13H17N3O. The monoisotopic (exact) mass is 231 g/mol. The Balaban J connectivity index is 2.31. The first-order valence-corrected chi connectivity index (χ1v) is 6.29. The number of fused-ring (bicyclic) bond motifs is 3. The molecule has 0 radical (unpaired) electrons. The summed E-state index contributed by atoms with van der Waals surface area (Å²) in [5, 5.41) is 4.25. The van der Waals surface area contributed by atoms with Gasteiger partial charge >= 0.3 is 0 Å². The van der Waals surface area contributed by atoms with E-state index in [2.05, 4.69) is 11.2 Å². The summed E-state index contributed by atoms with van der Waals surface area (Å²) in [6.07, 6.45) is 6.40. The van der Waals surface area contributed by atoms with Crippen LogP contribution in [0.25, 0.3) is 5.52 Å². The van der Waals surface area contributed by atoms with Crippen molar-refractivity contribution in [2.45, 2.75) is 45.6 Å². The number of aryl methyl sites for hydroxylation is 2. The van der Waals surface area contributed by atoms with Crippen LogP contribution in [0.2, 0.25) is 0 Å². The van der Waals surface area contributed by atoms with E-state index in [1.807, 2.05) is 18.2 Å². The molecule has 4 nitrogen and oxygen atoms in total. The van der Waals surface area contributed by atoms with Crippen molar-refractivity contribution >= 4 is 5.52 Å². The Bertz CT molecular complexity index is 621. The van der Waals surface area contributed by atoms with Crippen LogP contribution < -0.4 is 5.56 Å². The van der Waals surface area contributed by atoms with E-state index in [0.717, 1.165) is 18.4 Å². The standard InChI is InChI=1S/C13H17N3O/c1-9(2)16-13(17)12-7-10-5-3-4-6-11(10)15(12)8-14-16/h7-9H,3-6H2,1-2H3. The van der Waals surface area contributed by atoms with Gasteiger partial charge in [-0.05, 0) is 51.2 Å². The molecule has 0 fully saturated rings. The Hall–Kier alpha value is -1.58. The maximum atomic E-state index is 12.3. The van der Waals surface area contributed by atoms with Crippen molar-refractivity contribution in [1.82, 2.24) is 14.2 Å². The zero-order valence-electron chi connectivity index (χ0n) is 10.3. The van der Waals surface area contributed by atoms with Crippen LogP contribution in [0.4, 0.5) is 0 Å². The predicted molar refractivity (Wildman–Crippen MR) is 66.5 cm³/mol. The smallest absolute Gasteiger partial charge is 0.291 e. The van der Waals surface area contributed by atoms with Crippen LogP contribution in [-0.4, -0.2) is 14.2 Å². The highest BCUT2D eigenvalue weighted by atomic mass is 16.1. The molecule has 1 aliphatic carbocycles. The molecule has 0 amide bonds. The van der Waals surface area contributed by atoms with Crippen LogP contribution >= 0.6 is 0 Å². The lowest BCUT2D eigenvalue weighted by Crippen LogP contribution is -2.26. The van der Waals surface area contributed by atoms with E-state index in [-0.39, 0.29) is 11.6 Å². The van der Waals surface area contributed by atoms with Gasteiger partial charge < -0.3 is 0 Å². The van der Waals surface area contributed by atoms with Gasteiger partial charge in [-0.25, -0.2) is 4.68 Å². The molecule has 0 saturated heterocycles. The maximum absolute atomic E-state index is 12.3. The van der Waals surface area contributed by atoms with Crippen molar-refractivity contribution in [2.75, 3.05) is 0 Å². The quantitative estimate of drug-likeness (QED) is 0.752. The minimum Gasteiger partial charge on any atom is -0.298 e. The van der Waals surface area contributed by atoms with Gasteiger partial charge in [0.15, 0.2) is 0 Å². The molecule has 0 bridgehead atoms. The van der Waals surface area contributed by atoms with Crippen molar-refractivity contribution in [3.05, 3.63) is 34.0 Å². The lowest BCUT2D eigenvalue weighted by molar-refractivity contribution is 0.497. The molecule has 0 N–H and O–H groups in total.